The predicted molar refractivity (Wildman–Crippen MR) is 94.4 cm³/mol. The summed E-state index contributed by atoms with van der Waals surface area (Å²) in [6, 6.07) is -0.968. The molecule has 2 atom stereocenters. The SMILES string of the molecule is CC(=O)OC[C@@](C)(OC(C)=O)C(=O)[C@H](CC(C)C)NC(=O)OC(C)(C)C. The van der Waals surface area contributed by atoms with E-state index in [1.54, 1.807) is 20.8 Å². The third-order valence-corrected chi connectivity index (χ3v) is 3.16. The third kappa shape index (κ3) is 9.39. The summed E-state index contributed by atoms with van der Waals surface area (Å²) >= 11 is 0. The molecule has 0 radical (unpaired) electrons. The number of esters is 2. The van der Waals surface area contributed by atoms with E-state index in [1.807, 2.05) is 13.8 Å². The number of rotatable bonds is 8. The zero-order valence-electron chi connectivity index (χ0n) is 16.9. The second-order valence-corrected chi connectivity index (χ2v) is 7.80. The van der Waals surface area contributed by atoms with Crippen LogP contribution in [0.4, 0.5) is 4.79 Å². The van der Waals surface area contributed by atoms with Crippen molar-refractivity contribution in [1.29, 1.82) is 0 Å². The van der Waals surface area contributed by atoms with Crippen LogP contribution in [0.5, 0.6) is 0 Å². The first-order valence-electron chi connectivity index (χ1n) is 8.53. The lowest BCUT2D eigenvalue weighted by atomic mass is 9.90. The molecule has 0 aromatic rings. The Morgan fingerprint density at radius 1 is 0.923 bits per heavy atom. The standard InChI is InChI=1S/C18H31NO7/c1-11(2)9-14(19-16(23)26-17(5,6)7)15(22)18(8,25-13(4)21)10-24-12(3)20/h11,14H,9-10H2,1-8H3,(H,19,23)/t14-,18+/m0/s1. The number of hydrogen-bond donors (Lipinski definition) is 1. The van der Waals surface area contributed by atoms with E-state index < -0.39 is 47.7 Å². The summed E-state index contributed by atoms with van der Waals surface area (Å²) in [6.07, 6.45) is -0.455. The minimum atomic E-state index is -1.72. The smallest absolute Gasteiger partial charge is 0.408 e. The highest BCUT2D eigenvalue weighted by Crippen LogP contribution is 2.20. The summed E-state index contributed by atoms with van der Waals surface area (Å²) in [5.74, 6) is -1.83. The minimum Gasteiger partial charge on any atom is -0.461 e. The monoisotopic (exact) mass is 373 g/mol. The second-order valence-electron chi connectivity index (χ2n) is 7.80. The van der Waals surface area contributed by atoms with Gasteiger partial charge in [-0.2, -0.15) is 0 Å². The van der Waals surface area contributed by atoms with Gasteiger partial charge in [-0.1, -0.05) is 13.8 Å². The number of ketones is 1. The van der Waals surface area contributed by atoms with E-state index >= 15 is 0 Å². The Balaban J connectivity index is 5.50. The molecule has 0 saturated heterocycles. The number of carbonyl (C=O) groups is 4. The normalized spacial score (nSPS) is 14.8. The summed E-state index contributed by atoms with van der Waals surface area (Å²) in [5, 5.41) is 2.53. The largest absolute Gasteiger partial charge is 0.461 e. The van der Waals surface area contributed by atoms with Gasteiger partial charge in [-0.3, -0.25) is 14.4 Å². The maximum atomic E-state index is 13.0. The van der Waals surface area contributed by atoms with E-state index in [9.17, 15) is 19.2 Å². The molecule has 1 amide bonds. The van der Waals surface area contributed by atoms with Gasteiger partial charge in [0.1, 0.15) is 12.2 Å². The van der Waals surface area contributed by atoms with E-state index in [0.29, 0.717) is 6.42 Å². The van der Waals surface area contributed by atoms with Gasteiger partial charge < -0.3 is 19.5 Å². The molecule has 0 heterocycles. The third-order valence-electron chi connectivity index (χ3n) is 3.16. The Bertz CT molecular complexity index is 536. The van der Waals surface area contributed by atoms with Crippen molar-refractivity contribution in [2.45, 2.75) is 79.1 Å². The number of amides is 1. The Hall–Kier alpha value is -2.12. The lowest BCUT2D eigenvalue weighted by Crippen LogP contribution is -2.55. The van der Waals surface area contributed by atoms with Gasteiger partial charge in [-0.05, 0) is 40.0 Å². The van der Waals surface area contributed by atoms with Gasteiger partial charge in [0.25, 0.3) is 0 Å². The Morgan fingerprint density at radius 2 is 1.46 bits per heavy atom. The lowest BCUT2D eigenvalue weighted by Gasteiger charge is -2.32. The van der Waals surface area contributed by atoms with E-state index in [1.165, 1.54) is 13.8 Å². The number of nitrogens with one attached hydrogen (secondary N) is 1. The summed E-state index contributed by atoms with van der Waals surface area (Å²) in [5.41, 5.74) is -2.45. The highest BCUT2D eigenvalue weighted by atomic mass is 16.6. The quantitative estimate of drug-likeness (QED) is 0.514. The molecule has 0 unspecified atom stereocenters. The number of carbonyl (C=O) groups excluding carboxylic acids is 4. The molecule has 8 nitrogen and oxygen atoms in total. The van der Waals surface area contributed by atoms with Crippen LogP contribution in [0.2, 0.25) is 0 Å². The van der Waals surface area contributed by atoms with Crippen molar-refractivity contribution in [2.75, 3.05) is 6.61 Å². The summed E-state index contributed by atoms with van der Waals surface area (Å²) in [7, 11) is 0. The number of ether oxygens (including phenoxy) is 3. The van der Waals surface area contributed by atoms with Gasteiger partial charge in [0.05, 0.1) is 6.04 Å². The molecule has 26 heavy (non-hydrogen) atoms. The van der Waals surface area contributed by atoms with Crippen molar-refractivity contribution < 1.29 is 33.4 Å². The van der Waals surface area contributed by atoms with Crippen LogP contribution < -0.4 is 5.32 Å². The highest BCUT2D eigenvalue weighted by Gasteiger charge is 2.43. The van der Waals surface area contributed by atoms with Crippen molar-refractivity contribution in [1.82, 2.24) is 5.32 Å². The molecular formula is C18H31NO7. The van der Waals surface area contributed by atoms with E-state index in [-0.39, 0.29) is 5.92 Å². The Labute approximate surface area is 154 Å². The van der Waals surface area contributed by atoms with E-state index in [4.69, 9.17) is 14.2 Å². The van der Waals surface area contributed by atoms with Crippen molar-refractivity contribution in [3.05, 3.63) is 0 Å². The molecule has 150 valence electrons. The molecule has 0 saturated carbocycles. The van der Waals surface area contributed by atoms with Gasteiger partial charge in [-0.15, -0.1) is 0 Å². The van der Waals surface area contributed by atoms with Crippen LogP contribution in [0.25, 0.3) is 0 Å². The fourth-order valence-electron chi connectivity index (χ4n) is 2.23. The molecule has 0 spiro atoms. The maximum absolute atomic E-state index is 13.0. The summed E-state index contributed by atoms with van der Waals surface area (Å²) in [4.78, 5) is 47.7. The van der Waals surface area contributed by atoms with Crippen molar-refractivity contribution >= 4 is 23.8 Å². The van der Waals surface area contributed by atoms with Gasteiger partial charge in [0, 0.05) is 13.8 Å². The van der Waals surface area contributed by atoms with E-state index in [2.05, 4.69) is 5.32 Å². The topological polar surface area (TPSA) is 108 Å². The molecule has 0 aliphatic carbocycles. The maximum Gasteiger partial charge on any atom is 0.408 e. The van der Waals surface area contributed by atoms with Crippen LogP contribution in [-0.2, 0) is 28.6 Å². The molecule has 8 heteroatoms. The molecule has 1 N–H and O–H groups in total. The van der Waals surface area contributed by atoms with Gasteiger partial charge in [0.15, 0.2) is 0 Å². The second kappa shape index (κ2) is 9.54. The zero-order valence-corrected chi connectivity index (χ0v) is 16.9. The predicted octanol–water partition coefficient (Wildman–Crippen LogP) is 2.38. The van der Waals surface area contributed by atoms with Crippen LogP contribution >= 0.6 is 0 Å². The average molecular weight is 373 g/mol. The number of Topliss-reactive ketones (excluding diaryl/α,β-unsaturated/α-hetero) is 1. The highest BCUT2D eigenvalue weighted by molar-refractivity contribution is 5.95. The zero-order chi connectivity index (χ0) is 20.7. The van der Waals surface area contributed by atoms with Gasteiger partial charge >= 0.3 is 18.0 Å². The first kappa shape index (κ1) is 23.9. The molecule has 0 bridgehead atoms. The van der Waals surface area contributed by atoms with Gasteiger partial charge in [-0.25, -0.2) is 4.79 Å². The van der Waals surface area contributed by atoms with Crippen molar-refractivity contribution in [3.63, 3.8) is 0 Å². The molecule has 0 rings (SSSR count). The molecule has 0 aromatic carbocycles. The number of hydrogen-bond acceptors (Lipinski definition) is 7. The average Bonchev–Trinajstić information content (AvgIpc) is 2.40. The van der Waals surface area contributed by atoms with E-state index in [0.717, 1.165) is 6.92 Å². The first-order chi connectivity index (χ1) is 11.7. The fourth-order valence-corrected chi connectivity index (χ4v) is 2.23. The van der Waals surface area contributed by atoms with Crippen molar-refractivity contribution in [2.24, 2.45) is 5.92 Å². The lowest BCUT2D eigenvalue weighted by molar-refractivity contribution is -0.175. The van der Waals surface area contributed by atoms with Crippen LogP contribution in [0.15, 0.2) is 0 Å². The summed E-state index contributed by atoms with van der Waals surface area (Å²) in [6.45, 7) is 12.1. The van der Waals surface area contributed by atoms with Crippen molar-refractivity contribution in [3.8, 4) is 0 Å². The molecule has 0 aliphatic heterocycles. The van der Waals surface area contributed by atoms with Crippen LogP contribution in [0, 0.1) is 5.92 Å². The first-order valence-corrected chi connectivity index (χ1v) is 8.53. The van der Waals surface area contributed by atoms with Crippen LogP contribution in [0.1, 0.15) is 61.8 Å². The molecule has 0 aromatic heterocycles. The molecular weight excluding hydrogens is 342 g/mol. The van der Waals surface area contributed by atoms with Crippen LogP contribution in [-0.4, -0.2) is 47.7 Å². The minimum absolute atomic E-state index is 0.0641. The summed E-state index contributed by atoms with van der Waals surface area (Å²) < 4.78 is 15.2. The fraction of sp³-hybridized carbons (Fsp3) is 0.778. The Kier molecular flexibility index (Phi) is 8.76. The Morgan fingerprint density at radius 3 is 1.85 bits per heavy atom. The molecule has 0 fully saturated rings. The molecule has 0 aliphatic rings. The van der Waals surface area contributed by atoms with Crippen LogP contribution in [0.3, 0.4) is 0 Å². The number of alkyl carbamates (subject to hydrolysis) is 1. The van der Waals surface area contributed by atoms with Gasteiger partial charge in [0.2, 0.25) is 11.4 Å².